The summed E-state index contributed by atoms with van der Waals surface area (Å²) >= 11 is 0. The zero-order chi connectivity index (χ0) is 19.6. The van der Waals surface area contributed by atoms with Crippen LogP contribution in [0.3, 0.4) is 0 Å². The third-order valence-electron chi connectivity index (χ3n) is 5.28. The number of hydrogen-bond acceptors (Lipinski definition) is 5. The first kappa shape index (κ1) is 19.1. The summed E-state index contributed by atoms with van der Waals surface area (Å²) < 4.78 is 16.5. The fraction of sp³-hybridized carbons (Fsp3) is 0.500. The van der Waals surface area contributed by atoms with E-state index in [1.165, 1.54) is 0 Å². The van der Waals surface area contributed by atoms with Crippen molar-refractivity contribution < 1.29 is 23.8 Å². The number of carbonyl (C=O) groups is 2. The number of nitrogens with one attached hydrogen (secondary N) is 2. The van der Waals surface area contributed by atoms with E-state index in [2.05, 4.69) is 17.6 Å². The summed E-state index contributed by atoms with van der Waals surface area (Å²) in [6, 6.07) is 4.20. The summed E-state index contributed by atoms with van der Waals surface area (Å²) in [7, 11) is 3.10. The number of methoxy groups -OCH3 is 2. The van der Waals surface area contributed by atoms with Crippen molar-refractivity contribution in [1.82, 2.24) is 10.6 Å². The van der Waals surface area contributed by atoms with Gasteiger partial charge in [-0.2, -0.15) is 0 Å². The van der Waals surface area contributed by atoms with Crippen molar-refractivity contribution in [1.29, 1.82) is 0 Å². The van der Waals surface area contributed by atoms with Crippen molar-refractivity contribution in [3.8, 4) is 11.5 Å². The average molecular weight is 374 g/mol. The molecule has 0 bridgehead atoms. The SMILES string of the molecule is COc1ccc(OC)c([C@H]2NC(=O)NC(C)=C2C(=O)O[C@H]2CCC[C@@H]2C)c1. The van der Waals surface area contributed by atoms with Crippen LogP contribution >= 0.6 is 0 Å². The molecule has 0 aromatic heterocycles. The second kappa shape index (κ2) is 7.90. The smallest absolute Gasteiger partial charge is 0.338 e. The van der Waals surface area contributed by atoms with E-state index in [1.54, 1.807) is 39.3 Å². The van der Waals surface area contributed by atoms with E-state index in [1.807, 2.05) is 0 Å². The highest BCUT2D eigenvalue weighted by molar-refractivity contribution is 5.95. The molecule has 146 valence electrons. The lowest BCUT2D eigenvalue weighted by Gasteiger charge is -2.30. The average Bonchev–Trinajstić information content (AvgIpc) is 3.04. The Morgan fingerprint density at radius 2 is 1.96 bits per heavy atom. The number of benzene rings is 1. The Balaban J connectivity index is 1.98. The number of amides is 2. The molecule has 2 N–H and O–H groups in total. The minimum absolute atomic E-state index is 0.0942. The molecular formula is C20H26N2O5. The second-order valence-electron chi connectivity index (χ2n) is 7.03. The standard InChI is InChI=1S/C20H26N2O5/c1-11-6-5-7-15(11)27-19(23)17-12(2)21-20(24)22-18(17)14-10-13(25-3)8-9-16(14)26-4/h8-11,15,18H,5-7H2,1-4H3,(H2,21,22,24)/t11-,15-,18+/m0/s1. The maximum absolute atomic E-state index is 13.0. The van der Waals surface area contributed by atoms with Gasteiger partial charge in [0.15, 0.2) is 0 Å². The molecule has 7 nitrogen and oxygen atoms in total. The largest absolute Gasteiger partial charge is 0.497 e. The van der Waals surface area contributed by atoms with Gasteiger partial charge in [0, 0.05) is 11.3 Å². The zero-order valence-corrected chi connectivity index (χ0v) is 16.1. The van der Waals surface area contributed by atoms with Gasteiger partial charge in [-0.05, 0) is 50.3 Å². The molecule has 1 heterocycles. The Kier molecular flexibility index (Phi) is 5.58. The number of urea groups is 1. The minimum atomic E-state index is -0.687. The Bertz CT molecular complexity index is 774. The van der Waals surface area contributed by atoms with E-state index in [0.717, 1.165) is 19.3 Å². The normalized spacial score (nSPS) is 24.9. The molecule has 0 radical (unpaired) electrons. The molecule has 27 heavy (non-hydrogen) atoms. The predicted molar refractivity (Wildman–Crippen MR) is 99.5 cm³/mol. The molecule has 1 aromatic rings. The Hall–Kier alpha value is -2.70. The van der Waals surface area contributed by atoms with Gasteiger partial charge in [-0.1, -0.05) is 6.92 Å². The third kappa shape index (κ3) is 3.86. The molecule has 3 rings (SSSR count). The first-order chi connectivity index (χ1) is 12.9. The summed E-state index contributed by atoms with van der Waals surface area (Å²) in [5.74, 6) is 1.07. The van der Waals surface area contributed by atoms with Crippen molar-refractivity contribution in [2.24, 2.45) is 5.92 Å². The maximum atomic E-state index is 13.0. The first-order valence-electron chi connectivity index (χ1n) is 9.15. The number of carbonyl (C=O) groups excluding carboxylic acids is 2. The summed E-state index contributed by atoms with van der Waals surface area (Å²) in [4.78, 5) is 25.1. The first-order valence-corrected chi connectivity index (χ1v) is 9.15. The van der Waals surface area contributed by atoms with Gasteiger partial charge < -0.3 is 24.8 Å². The fourth-order valence-corrected chi connectivity index (χ4v) is 3.75. The van der Waals surface area contributed by atoms with E-state index in [4.69, 9.17) is 14.2 Å². The van der Waals surface area contributed by atoms with Crippen LogP contribution in [0.1, 0.15) is 44.7 Å². The summed E-state index contributed by atoms with van der Waals surface area (Å²) in [5, 5.41) is 5.48. The van der Waals surface area contributed by atoms with E-state index in [-0.39, 0.29) is 12.1 Å². The van der Waals surface area contributed by atoms with Gasteiger partial charge in [0.1, 0.15) is 17.6 Å². The van der Waals surface area contributed by atoms with Gasteiger partial charge in [-0.15, -0.1) is 0 Å². The highest BCUT2D eigenvalue weighted by Crippen LogP contribution is 2.37. The van der Waals surface area contributed by atoms with E-state index in [0.29, 0.717) is 34.3 Å². The van der Waals surface area contributed by atoms with E-state index < -0.39 is 12.0 Å². The minimum Gasteiger partial charge on any atom is -0.497 e. The van der Waals surface area contributed by atoms with Crippen LogP contribution in [0.5, 0.6) is 11.5 Å². The quantitative estimate of drug-likeness (QED) is 0.774. The van der Waals surface area contributed by atoms with Gasteiger partial charge in [0.05, 0.1) is 25.8 Å². The molecule has 2 amide bonds. The highest BCUT2D eigenvalue weighted by Gasteiger charge is 2.36. The third-order valence-corrected chi connectivity index (χ3v) is 5.28. The van der Waals surface area contributed by atoms with Crippen LogP contribution < -0.4 is 20.1 Å². The van der Waals surface area contributed by atoms with E-state index >= 15 is 0 Å². The lowest BCUT2D eigenvalue weighted by Crippen LogP contribution is -2.45. The van der Waals surface area contributed by atoms with Crippen LogP contribution in [0.4, 0.5) is 4.79 Å². The van der Waals surface area contributed by atoms with Crippen molar-refractivity contribution in [3.05, 3.63) is 35.0 Å². The van der Waals surface area contributed by atoms with Crippen LogP contribution in [0.25, 0.3) is 0 Å². The Morgan fingerprint density at radius 1 is 1.19 bits per heavy atom. The highest BCUT2D eigenvalue weighted by atomic mass is 16.5. The van der Waals surface area contributed by atoms with Gasteiger partial charge in [0.25, 0.3) is 0 Å². The lowest BCUT2D eigenvalue weighted by atomic mass is 9.94. The second-order valence-corrected chi connectivity index (χ2v) is 7.03. The molecular weight excluding hydrogens is 348 g/mol. The van der Waals surface area contributed by atoms with E-state index in [9.17, 15) is 9.59 Å². The number of ether oxygens (including phenoxy) is 3. The van der Waals surface area contributed by atoms with Gasteiger partial charge in [0.2, 0.25) is 0 Å². The fourth-order valence-electron chi connectivity index (χ4n) is 3.75. The van der Waals surface area contributed by atoms with Crippen molar-refractivity contribution in [2.45, 2.75) is 45.3 Å². The van der Waals surface area contributed by atoms with Crippen LogP contribution in [0, 0.1) is 5.92 Å². The van der Waals surface area contributed by atoms with Crippen molar-refractivity contribution in [2.75, 3.05) is 14.2 Å². The topological polar surface area (TPSA) is 85.9 Å². The number of rotatable bonds is 5. The van der Waals surface area contributed by atoms with Crippen LogP contribution in [-0.4, -0.2) is 32.3 Å². The van der Waals surface area contributed by atoms with Crippen LogP contribution in [0.2, 0.25) is 0 Å². The van der Waals surface area contributed by atoms with Crippen molar-refractivity contribution in [3.63, 3.8) is 0 Å². The number of allylic oxidation sites excluding steroid dienone is 1. The molecule has 2 aliphatic rings. The molecule has 0 saturated heterocycles. The monoisotopic (exact) mass is 374 g/mol. The molecule has 1 aromatic carbocycles. The molecule has 1 aliphatic carbocycles. The van der Waals surface area contributed by atoms with Gasteiger partial charge in [-0.3, -0.25) is 0 Å². The summed E-state index contributed by atoms with van der Waals surface area (Å²) in [6.45, 7) is 3.79. The zero-order valence-electron chi connectivity index (χ0n) is 16.1. The molecule has 1 fully saturated rings. The van der Waals surface area contributed by atoms with Crippen LogP contribution in [0.15, 0.2) is 29.5 Å². The Morgan fingerprint density at radius 3 is 2.59 bits per heavy atom. The van der Waals surface area contributed by atoms with Crippen LogP contribution in [-0.2, 0) is 9.53 Å². The molecule has 3 atom stereocenters. The number of hydrogen-bond donors (Lipinski definition) is 2. The van der Waals surface area contributed by atoms with Gasteiger partial charge >= 0.3 is 12.0 Å². The molecule has 7 heteroatoms. The lowest BCUT2D eigenvalue weighted by molar-refractivity contribution is -0.146. The molecule has 0 unspecified atom stereocenters. The molecule has 1 aliphatic heterocycles. The molecule has 0 spiro atoms. The molecule has 1 saturated carbocycles. The predicted octanol–water partition coefficient (Wildman–Crippen LogP) is 3.06. The summed E-state index contributed by atoms with van der Waals surface area (Å²) in [5.41, 5.74) is 1.49. The van der Waals surface area contributed by atoms with Crippen molar-refractivity contribution >= 4 is 12.0 Å². The number of esters is 1. The maximum Gasteiger partial charge on any atom is 0.338 e. The summed E-state index contributed by atoms with van der Waals surface area (Å²) in [6.07, 6.45) is 2.88. The Labute approximate surface area is 159 Å². The van der Waals surface area contributed by atoms with Gasteiger partial charge in [-0.25, -0.2) is 9.59 Å².